The minimum Gasteiger partial charge on any atom is -0.375 e. The van der Waals surface area contributed by atoms with E-state index in [2.05, 4.69) is 9.97 Å². The fraction of sp³-hybridized carbons (Fsp3) is 0.417. The minimum atomic E-state index is -0.239. The largest absolute Gasteiger partial charge is 0.375 e. The molecule has 2 aromatic rings. The highest BCUT2D eigenvalue weighted by Crippen LogP contribution is 2.24. The lowest BCUT2D eigenvalue weighted by molar-refractivity contribution is -0.155. The second kappa shape index (κ2) is 4.66. The van der Waals surface area contributed by atoms with E-state index < -0.39 is 0 Å². The molecule has 6 nitrogen and oxygen atoms in total. The van der Waals surface area contributed by atoms with Gasteiger partial charge < -0.3 is 14.5 Å². The zero-order chi connectivity index (χ0) is 12.5. The fourth-order valence-corrected chi connectivity index (χ4v) is 2.19. The highest BCUT2D eigenvalue weighted by atomic mass is 16.5. The summed E-state index contributed by atoms with van der Waals surface area (Å²) in [4.78, 5) is 7.81. The topological polar surface area (TPSA) is 76.4 Å². The molecule has 0 radical (unpaired) electrons. The maximum Gasteiger partial charge on any atom is 0.146 e. The molecule has 0 saturated carbocycles. The molecule has 1 aromatic heterocycles. The van der Waals surface area contributed by atoms with Crippen molar-refractivity contribution in [2.75, 3.05) is 20.3 Å². The Balaban J connectivity index is 1.93. The van der Waals surface area contributed by atoms with Crippen LogP contribution in [0.1, 0.15) is 11.9 Å². The third kappa shape index (κ3) is 1.89. The first-order valence-corrected chi connectivity index (χ1v) is 5.88. The number of hydrogen-bond acceptors (Lipinski definition) is 5. The molecule has 6 heteroatoms. The molecule has 2 heterocycles. The molecule has 0 amide bonds. The molecule has 1 aromatic carbocycles. The molecular weight excluding hydrogens is 232 g/mol. The van der Waals surface area contributed by atoms with Gasteiger partial charge >= 0.3 is 0 Å². The Bertz CT molecular complexity index is 509. The van der Waals surface area contributed by atoms with Gasteiger partial charge in [0.05, 0.1) is 24.2 Å². The summed E-state index contributed by atoms with van der Waals surface area (Å²) in [5.41, 5.74) is 1.93. The fourth-order valence-electron chi connectivity index (χ4n) is 2.19. The van der Waals surface area contributed by atoms with Gasteiger partial charge in [0.1, 0.15) is 18.1 Å². The molecule has 96 valence electrons. The average molecular weight is 248 g/mol. The molecule has 3 rings (SSSR count). The van der Waals surface area contributed by atoms with Gasteiger partial charge in [0.15, 0.2) is 0 Å². The highest BCUT2D eigenvalue weighted by molar-refractivity contribution is 5.74. The van der Waals surface area contributed by atoms with Gasteiger partial charge in [0, 0.05) is 7.11 Å². The van der Waals surface area contributed by atoms with E-state index in [1.807, 2.05) is 24.3 Å². The summed E-state index contributed by atoms with van der Waals surface area (Å²) in [6.07, 6.45) is -0.239. The van der Waals surface area contributed by atoms with Crippen molar-refractivity contribution >= 4 is 11.0 Å². The van der Waals surface area contributed by atoms with Crippen LogP contribution in [-0.2, 0) is 9.47 Å². The van der Waals surface area contributed by atoms with E-state index in [4.69, 9.17) is 15.3 Å². The Labute approximate surface area is 105 Å². The van der Waals surface area contributed by atoms with Crippen LogP contribution in [0.4, 0.5) is 0 Å². The molecule has 0 bridgehead atoms. The number of ether oxygens (including phenoxy) is 2. The number of methoxy groups -OCH3 is 1. The van der Waals surface area contributed by atoms with Crippen LogP contribution in [0.2, 0.25) is 0 Å². The molecule has 1 saturated heterocycles. The summed E-state index contributed by atoms with van der Waals surface area (Å²) < 4.78 is 10.8. The number of nitrogens with zero attached hydrogens (tertiary/aromatic N) is 2. The zero-order valence-electron chi connectivity index (χ0n) is 10.2. The number of benzene rings is 1. The maximum absolute atomic E-state index is 6.06. The van der Waals surface area contributed by atoms with Crippen LogP contribution in [-0.4, -0.2) is 41.5 Å². The van der Waals surface area contributed by atoms with Gasteiger partial charge in [0.25, 0.3) is 0 Å². The van der Waals surface area contributed by atoms with E-state index in [0.29, 0.717) is 13.2 Å². The predicted molar refractivity (Wildman–Crippen MR) is 66.5 cm³/mol. The molecule has 1 aliphatic heterocycles. The summed E-state index contributed by atoms with van der Waals surface area (Å²) in [5.74, 6) is 6.86. The number of aromatic nitrogens is 2. The van der Waals surface area contributed by atoms with Gasteiger partial charge in [-0.3, -0.25) is 5.84 Å². The number of H-pyrrole nitrogens is 1. The SMILES string of the molecule is COC1COCC(c2nc3ccccc3[nH]2)N1N. The van der Waals surface area contributed by atoms with Crippen molar-refractivity contribution in [1.29, 1.82) is 0 Å². The second-order valence-corrected chi connectivity index (χ2v) is 4.33. The first-order chi connectivity index (χ1) is 8.79. The van der Waals surface area contributed by atoms with E-state index in [1.165, 1.54) is 0 Å². The summed E-state index contributed by atoms with van der Waals surface area (Å²) in [6.45, 7) is 0.986. The van der Waals surface area contributed by atoms with Crippen LogP contribution in [0.5, 0.6) is 0 Å². The number of rotatable bonds is 2. The lowest BCUT2D eigenvalue weighted by Crippen LogP contribution is -2.52. The second-order valence-electron chi connectivity index (χ2n) is 4.33. The van der Waals surface area contributed by atoms with E-state index in [9.17, 15) is 0 Å². The highest BCUT2D eigenvalue weighted by Gasteiger charge is 2.32. The van der Waals surface area contributed by atoms with Crippen molar-refractivity contribution < 1.29 is 9.47 Å². The van der Waals surface area contributed by atoms with Crippen LogP contribution >= 0.6 is 0 Å². The van der Waals surface area contributed by atoms with E-state index in [1.54, 1.807) is 12.1 Å². The van der Waals surface area contributed by atoms with Gasteiger partial charge in [-0.25, -0.2) is 9.99 Å². The summed E-state index contributed by atoms with van der Waals surface area (Å²) in [7, 11) is 1.62. The van der Waals surface area contributed by atoms with E-state index in [0.717, 1.165) is 16.9 Å². The number of nitrogens with one attached hydrogen (secondary N) is 1. The quantitative estimate of drug-likeness (QED) is 0.768. The zero-order valence-corrected chi connectivity index (χ0v) is 10.2. The van der Waals surface area contributed by atoms with Crippen molar-refractivity contribution in [2.45, 2.75) is 12.3 Å². The predicted octanol–water partition coefficient (Wildman–Crippen LogP) is 0.782. The first-order valence-electron chi connectivity index (χ1n) is 5.88. The standard InChI is InChI=1S/C12H16N4O2/c1-17-11-7-18-6-10(16(11)13)12-14-8-4-2-3-5-9(8)15-12/h2-5,10-11H,6-7,13H2,1H3,(H,14,15). The van der Waals surface area contributed by atoms with Crippen LogP contribution in [0.3, 0.4) is 0 Å². The van der Waals surface area contributed by atoms with Crippen LogP contribution in [0.15, 0.2) is 24.3 Å². The Morgan fingerprint density at radius 3 is 3.06 bits per heavy atom. The molecule has 0 aliphatic carbocycles. The van der Waals surface area contributed by atoms with Crippen LogP contribution < -0.4 is 5.84 Å². The van der Waals surface area contributed by atoms with E-state index in [-0.39, 0.29) is 12.3 Å². The monoisotopic (exact) mass is 248 g/mol. The number of para-hydroxylation sites is 2. The number of hydrogen-bond donors (Lipinski definition) is 2. The molecule has 0 spiro atoms. The summed E-state index contributed by atoms with van der Waals surface area (Å²) in [6, 6.07) is 7.77. The Morgan fingerprint density at radius 2 is 2.28 bits per heavy atom. The van der Waals surface area contributed by atoms with Crippen molar-refractivity contribution in [1.82, 2.24) is 15.0 Å². The third-order valence-electron chi connectivity index (χ3n) is 3.22. The van der Waals surface area contributed by atoms with Gasteiger partial charge in [-0.15, -0.1) is 0 Å². The molecule has 3 N–H and O–H groups in total. The van der Waals surface area contributed by atoms with Gasteiger partial charge in [-0.1, -0.05) is 12.1 Å². The number of morpholine rings is 1. The number of hydrazine groups is 1. The normalized spacial score (nSPS) is 25.7. The third-order valence-corrected chi connectivity index (χ3v) is 3.22. The minimum absolute atomic E-state index is 0.115. The number of aromatic amines is 1. The molecule has 18 heavy (non-hydrogen) atoms. The molecule has 2 atom stereocenters. The maximum atomic E-state index is 6.06. The van der Waals surface area contributed by atoms with Crippen LogP contribution in [0.25, 0.3) is 11.0 Å². The number of imidazole rings is 1. The Hall–Kier alpha value is -1.47. The summed E-state index contributed by atoms with van der Waals surface area (Å²) in [5, 5.41) is 1.65. The van der Waals surface area contributed by atoms with Crippen LogP contribution in [0, 0.1) is 0 Å². The molecule has 1 aliphatic rings. The van der Waals surface area contributed by atoms with Crippen molar-refractivity contribution in [2.24, 2.45) is 5.84 Å². The smallest absolute Gasteiger partial charge is 0.146 e. The van der Waals surface area contributed by atoms with Gasteiger partial charge in [0.2, 0.25) is 0 Å². The molecular formula is C12H16N4O2. The summed E-state index contributed by atoms with van der Waals surface area (Å²) >= 11 is 0. The average Bonchev–Trinajstić information content (AvgIpc) is 2.82. The van der Waals surface area contributed by atoms with Gasteiger partial charge in [-0.2, -0.15) is 0 Å². The van der Waals surface area contributed by atoms with Gasteiger partial charge in [-0.05, 0) is 12.1 Å². The van der Waals surface area contributed by atoms with Crippen molar-refractivity contribution in [3.8, 4) is 0 Å². The van der Waals surface area contributed by atoms with E-state index >= 15 is 0 Å². The lowest BCUT2D eigenvalue weighted by Gasteiger charge is -2.36. The molecule has 2 unspecified atom stereocenters. The first kappa shape index (κ1) is 11.6. The Morgan fingerprint density at radius 1 is 1.44 bits per heavy atom. The number of fused-ring (bicyclic) bond motifs is 1. The Kier molecular flexibility index (Phi) is 3.00. The number of nitrogens with two attached hydrogens (primary N) is 1. The van der Waals surface area contributed by atoms with Crippen molar-refractivity contribution in [3.05, 3.63) is 30.1 Å². The van der Waals surface area contributed by atoms with Crippen molar-refractivity contribution in [3.63, 3.8) is 0 Å². The molecule has 1 fully saturated rings. The lowest BCUT2D eigenvalue weighted by atomic mass is 10.2.